The fourth-order valence-electron chi connectivity index (χ4n) is 3.95. The highest BCUT2D eigenvalue weighted by atomic mass is 19.1. The van der Waals surface area contributed by atoms with Crippen LogP contribution in [-0.2, 0) is 9.63 Å². The molecule has 0 radical (unpaired) electrons. The van der Waals surface area contributed by atoms with Gasteiger partial charge in [0.15, 0.2) is 0 Å². The number of hydrogen-bond acceptors (Lipinski definition) is 5. The first-order chi connectivity index (χ1) is 17.9. The molecule has 0 bridgehead atoms. The van der Waals surface area contributed by atoms with Crippen molar-refractivity contribution in [3.63, 3.8) is 0 Å². The SMILES string of the molecule is CCOc1cc(F)ccc1NC(=O)CN1CC=C(NOC(c2ccc(F)cc2)c2ccc(F)cc2)CC1. The summed E-state index contributed by atoms with van der Waals surface area (Å²) in [5, 5.41) is 2.78. The van der Waals surface area contributed by atoms with Gasteiger partial charge in [0.1, 0.15) is 29.3 Å². The van der Waals surface area contributed by atoms with Gasteiger partial charge in [0.2, 0.25) is 5.91 Å². The highest BCUT2D eigenvalue weighted by Crippen LogP contribution is 2.27. The number of carbonyl (C=O) groups excluding carboxylic acids is 1. The molecule has 2 N–H and O–H groups in total. The topological polar surface area (TPSA) is 62.8 Å². The lowest BCUT2D eigenvalue weighted by molar-refractivity contribution is -0.117. The minimum absolute atomic E-state index is 0.154. The second-order valence-electron chi connectivity index (χ2n) is 8.54. The molecular weight excluding hydrogens is 483 g/mol. The van der Waals surface area contributed by atoms with Gasteiger partial charge < -0.3 is 10.1 Å². The molecular formula is C28H28F3N3O3. The molecule has 1 aliphatic heterocycles. The third-order valence-electron chi connectivity index (χ3n) is 5.83. The third-order valence-corrected chi connectivity index (χ3v) is 5.83. The predicted molar refractivity (Wildman–Crippen MR) is 134 cm³/mol. The van der Waals surface area contributed by atoms with Crippen LogP contribution in [0.1, 0.15) is 30.6 Å². The number of nitrogens with zero attached hydrogens (tertiary/aromatic N) is 1. The second-order valence-corrected chi connectivity index (χ2v) is 8.54. The van der Waals surface area contributed by atoms with Crippen molar-refractivity contribution in [3.8, 4) is 5.75 Å². The summed E-state index contributed by atoms with van der Waals surface area (Å²) in [7, 11) is 0. The van der Waals surface area contributed by atoms with E-state index in [1.807, 2.05) is 11.0 Å². The Balaban J connectivity index is 1.34. The van der Waals surface area contributed by atoms with Gasteiger partial charge in [0.05, 0.1) is 18.8 Å². The maximum Gasteiger partial charge on any atom is 0.238 e. The molecule has 0 saturated carbocycles. The third kappa shape index (κ3) is 7.34. The Hall–Kier alpha value is -3.82. The molecule has 9 heteroatoms. The van der Waals surface area contributed by atoms with Crippen LogP contribution < -0.4 is 15.5 Å². The first-order valence-corrected chi connectivity index (χ1v) is 12.0. The maximum absolute atomic E-state index is 13.5. The molecule has 1 heterocycles. The normalized spacial score (nSPS) is 13.8. The molecule has 3 aromatic rings. The molecule has 4 rings (SSSR count). The van der Waals surface area contributed by atoms with Gasteiger partial charge in [-0.05, 0) is 60.5 Å². The van der Waals surface area contributed by atoms with Crippen molar-refractivity contribution in [2.24, 2.45) is 0 Å². The van der Waals surface area contributed by atoms with Gasteiger partial charge >= 0.3 is 0 Å². The number of hydroxylamine groups is 1. The molecule has 194 valence electrons. The standard InChI is InChI=1S/C28H28F3N3O3/c1-2-36-26-17-23(31)11-12-25(26)32-27(35)18-34-15-13-24(14-16-34)33-37-28(19-3-7-21(29)8-4-19)20-5-9-22(30)10-6-20/h3-13,17,28,33H,2,14-16,18H2,1H3,(H,32,35). The first kappa shape index (κ1) is 26.2. The van der Waals surface area contributed by atoms with Crippen molar-refractivity contribution in [1.82, 2.24) is 10.4 Å². The highest BCUT2D eigenvalue weighted by molar-refractivity contribution is 5.93. The summed E-state index contributed by atoms with van der Waals surface area (Å²) in [5.41, 5.74) is 5.66. The number of ether oxygens (including phenoxy) is 1. The molecule has 0 aliphatic carbocycles. The van der Waals surface area contributed by atoms with Gasteiger partial charge in [-0.3, -0.25) is 20.0 Å². The van der Waals surface area contributed by atoms with Crippen molar-refractivity contribution in [3.05, 3.63) is 107 Å². The van der Waals surface area contributed by atoms with Crippen LogP contribution in [0.5, 0.6) is 5.75 Å². The molecule has 0 unspecified atom stereocenters. The van der Waals surface area contributed by atoms with Crippen LogP contribution in [0, 0.1) is 17.5 Å². The Labute approximate surface area is 213 Å². The summed E-state index contributed by atoms with van der Waals surface area (Å²) in [5.74, 6) is -1.10. The van der Waals surface area contributed by atoms with E-state index in [9.17, 15) is 18.0 Å². The lowest BCUT2D eigenvalue weighted by Crippen LogP contribution is -2.38. The number of benzene rings is 3. The molecule has 0 aromatic heterocycles. The summed E-state index contributed by atoms with van der Waals surface area (Å²) < 4.78 is 45.8. The smallest absolute Gasteiger partial charge is 0.238 e. The molecule has 6 nitrogen and oxygen atoms in total. The predicted octanol–water partition coefficient (Wildman–Crippen LogP) is 5.34. The first-order valence-electron chi connectivity index (χ1n) is 12.0. The Bertz CT molecular complexity index is 1190. The number of nitrogens with one attached hydrogen (secondary N) is 2. The average molecular weight is 512 g/mol. The highest BCUT2D eigenvalue weighted by Gasteiger charge is 2.20. The minimum atomic E-state index is -0.582. The summed E-state index contributed by atoms with van der Waals surface area (Å²) in [6, 6.07) is 15.9. The zero-order valence-corrected chi connectivity index (χ0v) is 20.3. The van der Waals surface area contributed by atoms with E-state index in [-0.39, 0.29) is 29.8 Å². The van der Waals surface area contributed by atoms with Crippen molar-refractivity contribution in [1.29, 1.82) is 0 Å². The lowest BCUT2D eigenvalue weighted by atomic mass is 10.0. The number of rotatable bonds is 10. The minimum Gasteiger partial charge on any atom is -0.492 e. The van der Waals surface area contributed by atoms with E-state index < -0.39 is 11.9 Å². The van der Waals surface area contributed by atoms with E-state index in [2.05, 4.69) is 10.8 Å². The molecule has 37 heavy (non-hydrogen) atoms. The molecule has 0 atom stereocenters. The van der Waals surface area contributed by atoms with Crippen LogP contribution in [-0.4, -0.2) is 37.0 Å². The number of amides is 1. The van der Waals surface area contributed by atoms with Crippen LogP contribution in [0.2, 0.25) is 0 Å². The Morgan fingerprint density at radius 2 is 1.57 bits per heavy atom. The Kier molecular flexibility index (Phi) is 8.81. The summed E-state index contributed by atoms with van der Waals surface area (Å²) in [6.45, 7) is 3.41. The van der Waals surface area contributed by atoms with Gasteiger partial charge in [0.25, 0.3) is 0 Å². The van der Waals surface area contributed by atoms with Crippen molar-refractivity contribution in [2.45, 2.75) is 19.4 Å². The summed E-state index contributed by atoms with van der Waals surface area (Å²) in [6.07, 6.45) is 1.95. The van der Waals surface area contributed by atoms with Gasteiger partial charge in [-0.2, -0.15) is 0 Å². The maximum atomic E-state index is 13.5. The van der Waals surface area contributed by atoms with Crippen molar-refractivity contribution < 1.29 is 27.5 Å². The van der Waals surface area contributed by atoms with Crippen LogP contribution in [0.4, 0.5) is 18.9 Å². The Morgan fingerprint density at radius 3 is 2.14 bits per heavy atom. The number of carbonyl (C=O) groups is 1. The van der Waals surface area contributed by atoms with Crippen LogP contribution in [0.25, 0.3) is 0 Å². The molecule has 1 amide bonds. The number of hydrogen-bond donors (Lipinski definition) is 2. The number of halogens is 3. The largest absolute Gasteiger partial charge is 0.492 e. The fourth-order valence-corrected chi connectivity index (χ4v) is 3.95. The summed E-state index contributed by atoms with van der Waals surface area (Å²) in [4.78, 5) is 20.5. The molecule has 0 spiro atoms. The zero-order chi connectivity index (χ0) is 26.2. The van der Waals surface area contributed by atoms with Crippen molar-refractivity contribution >= 4 is 11.6 Å². The quantitative estimate of drug-likeness (QED) is 0.360. The Morgan fingerprint density at radius 1 is 0.946 bits per heavy atom. The average Bonchev–Trinajstić information content (AvgIpc) is 2.89. The van der Waals surface area contributed by atoms with E-state index in [0.29, 0.717) is 42.9 Å². The fraction of sp³-hybridized carbons (Fsp3) is 0.250. The molecule has 0 fully saturated rings. The van der Waals surface area contributed by atoms with E-state index in [4.69, 9.17) is 9.57 Å². The van der Waals surface area contributed by atoms with Gasteiger partial charge in [-0.1, -0.05) is 24.3 Å². The van der Waals surface area contributed by atoms with E-state index in [1.54, 1.807) is 31.2 Å². The van der Waals surface area contributed by atoms with Crippen LogP contribution in [0.3, 0.4) is 0 Å². The van der Waals surface area contributed by atoms with E-state index >= 15 is 0 Å². The van der Waals surface area contributed by atoms with Crippen LogP contribution in [0.15, 0.2) is 78.5 Å². The van der Waals surface area contributed by atoms with E-state index in [0.717, 1.165) is 5.70 Å². The number of anilines is 1. The monoisotopic (exact) mass is 511 g/mol. The van der Waals surface area contributed by atoms with Gasteiger partial charge in [0, 0.05) is 31.3 Å². The van der Waals surface area contributed by atoms with Gasteiger partial charge in [-0.15, -0.1) is 0 Å². The van der Waals surface area contributed by atoms with Crippen LogP contribution >= 0.6 is 0 Å². The van der Waals surface area contributed by atoms with E-state index in [1.165, 1.54) is 42.5 Å². The molecule has 1 aliphatic rings. The lowest BCUT2D eigenvalue weighted by Gasteiger charge is -2.27. The zero-order valence-electron chi connectivity index (χ0n) is 20.3. The van der Waals surface area contributed by atoms with Crippen molar-refractivity contribution in [2.75, 3.05) is 31.6 Å². The second kappa shape index (κ2) is 12.4. The molecule has 0 saturated heterocycles. The van der Waals surface area contributed by atoms with Gasteiger partial charge in [-0.25, -0.2) is 13.2 Å². The summed E-state index contributed by atoms with van der Waals surface area (Å²) >= 11 is 0. The molecule has 3 aromatic carbocycles.